The van der Waals surface area contributed by atoms with Crippen LogP contribution in [0.2, 0.25) is 5.02 Å². The van der Waals surface area contributed by atoms with Gasteiger partial charge in [-0.25, -0.2) is 8.42 Å². The molecule has 1 fully saturated rings. The van der Waals surface area contributed by atoms with E-state index in [4.69, 9.17) is 16.3 Å². The van der Waals surface area contributed by atoms with Crippen LogP contribution in [0.15, 0.2) is 77.7 Å². The van der Waals surface area contributed by atoms with Gasteiger partial charge in [0.1, 0.15) is 11.8 Å². The van der Waals surface area contributed by atoms with Crippen LogP contribution in [-0.4, -0.2) is 56.3 Å². The third-order valence-corrected chi connectivity index (χ3v) is 7.86. The van der Waals surface area contributed by atoms with E-state index in [2.05, 4.69) is 0 Å². The molecule has 0 spiro atoms. The van der Waals surface area contributed by atoms with Gasteiger partial charge in [0.2, 0.25) is 10.0 Å². The Bertz CT molecular complexity index is 1330. The number of benzene rings is 3. The topological polar surface area (TPSA) is 90.7 Å². The lowest BCUT2D eigenvalue weighted by Gasteiger charge is -2.34. The van der Waals surface area contributed by atoms with E-state index in [1.165, 1.54) is 16.4 Å². The molecule has 1 amide bonds. The number of carbonyl (C=O) groups is 1. The molecule has 174 valence electrons. The molecule has 34 heavy (non-hydrogen) atoms. The summed E-state index contributed by atoms with van der Waals surface area (Å²) in [5, 5.41) is 9.64. The van der Waals surface area contributed by atoms with E-state index in [9.17, 15) is 18.5 Å². The molecule has 3 aromatic carbocycles. The summed E-state index contributed by atoms with van der Waals surface area (Å²) in [6, 6.07) is 23.2. The van der Waals surface area contributed by atoms with Gasteiger partial charge < -0.3 is 9.64 Å². The zero-order valence-electron chi connectivity index (χ0n) is 18.2. The van der Waals surface area contributed by atoms with Crippen molar-refractivity contribution < 1.29 is 17.9 Å². The second-order valence-electron chi connectivity index (χ2n) is 7.69. The highest BCUT2D eigenvalue weighted by atomic mass is 35.5. The summed E-state index contributed by atoms with van der Waals surface area (Å²) in [5.41, 5.74) is 2.07. The molecule has 1 aliphatic rings. The Labute approximate surface area is 203 Å². The lowest BCUT2D eigenvalue weighted by atomic mass is 10.1. The number of amides is 1. The van der Waals surface area contributed by atoms with Crippen molar-refractivity contribution in [2.24, 2.45) is 0 Å². The van der Waals surface area contributed by atoms with Crippen molar-refractivity contribution in [1.82, 2.24) is 9.21 Å². The second kappa shape index (κ2) is 10.3. The molecule has 0 aliphatic carbocycles. The molecule has 7 nitrogen and oxygen atoms in total. The predicted octanol–water partition coefficient (Wildman–Crippen LogP) is 3.79. The standard InChI is InChI=1S/C25H22ClN3O4S/c26-22-16-20(19-6-2-1-3-7-19)10-11-23(22)33-18-25(30)28-12-14-29(15-13-28)34(31,32)24-9-5-4-8-21(24)17-27/h1-11,16H,12-15,18H2. The summed E-state index contributed by atoms with van der Waals surface area (Å²) in [5.74, 6) is 0.154. The number of carbonyl (C=O) groups excluding carboxylic acids is 1. The van der Waals surface area contributed by atoms with Crippen LogP contribution in [0.25, 0.3) is 11.1 Å². The van der Waals surface area contributed by atoms with Crippen LogP contribution < -0.4 is 4.74 Å². The molecular weight excluding hydrogens is 474 g/mol. The molecule has 0 aromatic heterocycles. The normalized spacial score (nSPS) is 14.4. The van der Waals surface area contributed by atoms with Crippen molar-refractivity contribution in [3.63, 3.8) is 0 Å². The number of nitriles is 1. The Morgan fingerprint density at radius 3 is 2.29 bits per heavy atom. The van der Waals surface area contributed by atoms with Crippen LogP contribution in [0.5, 0.6) is 5.75 Å². The minimum Gasteiger partial charge on any atom is -0.482 e. The third kappa shape index (κ3) is 5.07. The van der Waals surface area contributed by atoms with Gasteiger partial charge in [0.15, 0.2) is 6.61 Å². The Morgan fingerprint density at radius 2 is 1.62 bits per heavy atom. The van der Waals surface area contributed by atoms with E-state index in [-0.39, 0.29) is 49.2 Å². The molecule has 0 N–H and O–H groups in total. The monoisotopic (exact) mass is 495 g/mol. The molecule has 3 aromatic rings. The quantitative estimate of drug-likeness (QED) is 0.519. The van der Waals surface area contributed by atoms with Gasteiger partial charge in [-0.15, -0.1) is 0 Å². The first kappa shape index (κ1) is 23.8. The van der Waals surface area contributed by atoms with Gasteiger partial charge in [-0.2, -0.15) is 9.57 Å². The zero-order chi connectivity index (χ0) is 24.1. The molecule has 1 saturated heterocycles. The minimum atomic E-state index is -3.82. The summed E-state index contributed by atoms with van der Waals surface area (Å²) >= 11 is 6.35. The van der Waals surface area contributed by atoms with E-state index in [1.54, 1.807) is 29.2 Å². The summed E-state index contributed by atoms with van der Waals surface area (Å²) in [7, 11) is -3.82. The van der Waals surface area contributed by atoms with Crippen LogP contribution in [0, 0.1) is 11.3 Å². The Morgan fingerprint density at radius 1 is 0.941 bits per heavy atom. The SMILES string of the molecule is N#Cc1ccccc1S(=O)(=O)N1CCN(C(=O)COc2ccc(-c3ccccc3)cc2Cl)CC1. The molecule has 9 heteroatoms. The van der Waals surface area contributed by atoms with E-state index < -0.39 is 10.0 Å². The molecule has 0 saturated carbocycles. The lowest BCUT2D eigenvalue weighted by Crippen LogP contribution is -2.51. The largest absolute Gasteiger partial charge is 0.482 e. The van der Waals surface area contributed by atoms with Gasteiger partial charge in [0, 0.05) is 26.2 Å². The molecule has 0 unspecified atom stereocenters. The Balaban J connectivity index is 1.34. The predicted molar refractivity (Wildman–Crippen MR) is 129 cm³/mol. The Hall–Kier alpha value is -3.38. The van der Waals surface area contributed by atoms with Gasteiger partial charge in [-0.05, 0) is 35.4 Å². The first-order valence-electron chi connectivity index (χ1n) is 10.6. The number of sulfonamides is 1. The van der Waals surface area contributed by atoms with E-state index in [0.29, 0.717) is 10.8 Å². The third-order valence-electron chi connectivity index (χ3n) is 5.61. The maximum absolute atomic E-state index is 13.0. The minimum absolute atomic E-state index is 0.0193. The van der Waals surface area contributed by atoms with Gasteiger partial charge in [-0.1, -0.05) is 60.1 Å². The number of piperazine rings is 1. The maximum atomic E-state index is 13.0. The highest BCUT2D eigenvalue weighted by Crippen LogP contribution is 2.30. The van der Waals surface area contributed by atoms with Gasteiger partial charge in [-0.3, -0.25) is 4.79 Å². The number of hydrogen-bond acceptors (Lipinski definition) is 5. The lowest BCUT2D eigenvalue weighted by molar-refractivity contribution is -0.134. The maximum Gasteiger partial charge on any atom is 0.260 e. The van der Waals surface area contributed by atoms with E-state index in [1.807, 2.05) is 42.5 Å². The number of nitrogens with zero attached hydrogens (tertiary/aromatic N) is 3. The highest BCUT2D eigenvalue weighted by Gasteiger charge is 2.31. The molecular formula is C25H22ClN3O4S. The number of hydrogen-bond donors (Lipinski definition) is 0. The van der Waals surface area contributed by atoms with Crippen LogP contribution in [0.3, 0.4) is 0 Å². The fraction of sp³-hybridized carbons (Fsp3) is 0.200. The highest BCUT2D eigenvalue weighted by molar-refractivity contribution is 7.89. The molecule has 0 bridgehead atoms. The molecule has 1 aliphatic heterocycles. The molecule has 0 atom stereocenters. The van der Waals surface area contributed by atoms with Gasteiger partial charge >= 0.3 is 0 Å². The first-order chi connectivity index (χ1) is 16.4. The Kier molecular flexibility index (Phi) is 7.17. The van der Waals surface area contributed by atoms with Crippen LogP contribution in [-0.2, 0) is 14.8 Å². The van der Waals surface area contributed by atoms with Crippen molar-refractivity contribution in [2.45, 2.75) is 4.90 Å². The van der Waals surface area contributed by atoms with Crippen LogP contribution in [0.1, 0.15) is 5.56 Å². The van der Waals surface area contributed by atoms with Gasteiger partial charge in [0.25, 0.3) is 5.91 Å². The van der Waals surface area contributed by atoms with Crippen LogP contribution in [0.4, 0.5) is 0 Å². The van der Waals surface area contributed by atoms with Crippen molar-refractivity contribution in [3.8, 4) is 22.9 Å². The fourth-order valence-corrected chi connectivity index (χ4v) is 5.56. The number of ether oxygens (including phenoxy) is 1. The van der Waals surface area contributed by atoms with Crippen molar-refractivity contribution in [1.29, 1.82) is 5.26 Å². The van der Waals surface area contributed by atoms with Crippen molar-refractivity contribution in [3.05, 3.63) is 83.4 Å². The van der Waals surface area contributed by atoms with Crippen LogP contribution >= 0.6 is 11.6 Å². The van der Waals surface area contributed by atoms with Crippen molar-refractivity contribution >= 4 is 27.5 Å². The molecule has 4 rings (SSSR count). The second-order valence-corrected chi connectivity index (χ2v) is 10.0. The fourth-order valence-electron chi connectivity index (χ4n) is 3.76. The number of rotatable bonds is 6. The summed E-state index contributed by atoms with van der Waals surface area (Å²) in [6.45, 7) is 0.544. The van der Waals surface area contributed by atoms with Crippen molar-refractivity contribution in [2.75, 3.05) is 32.8 Å². The molecule has 1 heterocycles. The average molecular weight is 496 g/mol. The average Bonchev–Trinajstić information content (AvgIpc) is 2.88. The summed E-state index contributed by atoms with van der Waals surface area (Å²) in [4.78, 5) is 14.2. The summed E-state index contributed by atoms with van der Waals surface area (Å²) < 4.78 is 32.9. The summed E-state index contributed by atoms with van der Waals surface area (Å²) in [6.07, 6.45) is 0. The van der Waals surface area contributed by atoms with E-state index in [0.717, 1.165) is 11.1 Å². The number of halogens is 1. The molecule has 0 radical (unpaired) electrons. The van der Waals surface area contributed by atoms with Gasteiger partial charge in [0.05, 0.1) is 15.5 Å². The zero-order valence-corrected chi connectivity index (χ0v) is 19.8. The smallest absolute Gasteiger partial charge is 0.260 e. The first-order valence-corrected chi connectivity index (χ1v) is 12.5. The van der Waals surface area contributed by atoms with E-state index >= 15 is 0 Å².